The number of benzene rings is 1. The SMILES string of the molecule is CCn1cc(Oc2ccc(C(=N)N)cc2F)cn1. The molecule has 0 aliphatic rings. The minimum atomic E-state index is -0.563. The Kier molecular flexibility index (Phi) is 3.27. The normalized spacial score (nSPS) is 10.3. The van der Waals surface area contributed by atoms with Gasteiger partial charge in [-0.3, -0.25) is 10.1 Å². The van der Waals surface area contributed by atoms with Crippen LogP contribution in [0.25, 0.3) is 0 Å². The molecule has 0 radical (unpaired) electrons. The van der Waals surface area contributed by atoms with Gasteiger partial charge in [0, 0.05) is 12.1 Å². The van der Waals surface area contributed by atoms with Crippen molar-refractivity contribution in [3.05, 3.63) is 42.0 Å². The zero-order chi connectivity index (χ0) is 13.1. The van der Waals surface area contributed by atoms with Gasteiger partial charge in [-0.1, -0.05) is 0 Å². The lowest BCUT2D eigenvalue weighted by Crippen LogP contribution is -2.11. The fourth-order valence-electron chi connectivity index (χ4n) is 1.45. The van der Waals surface area contributed by atoms with Crippen molar-refractivity contribution in [3.8, 4) is 11.5 Å². The Hall–Kier alpha value is -2.37. The van der Waals surface area contributed by atoms with Gasteiger partial charge in [0.1, 0.15) is 5.84 Å². The molecule has 2 aromatic rings. The van der Waals surface area contributed by atoms with Crippen LogP contribution in [-0.2, 0) is 6.54 Å². The Morgan fingerprint density at radius 2 is 2.33 bits per heavy atom. The smallest absolute Gasteiger partial charge is 0.166 e. The monoisotopic (exact) mass is 248 g/mol. The Morgan fingerprint density at radius 3 is 2.89 bits per heavy atom. The van der Waals surface area contributed by atoms with Crippen LogP contribution in [0.5, 0.6) is 11.5 Å². The van der Waals surface area contributed by atoms with Gasteiger partial charge >= 0.3 is 0 Å². The third-order valence-corrected chi connectivity index (χ3v) is 2.40. The fourth-order valence-corrected chi connectivity index (χ4v) is 1.45. The van der Waals surface area contributed by atoms with Crippen molar-refractivity contribution < 1.29 is 9.13 Å². The average molecular weight is 248 g/mol. The van der Waals surface area contributed by atoms with Crippen LogP contribution in [0.15, 0.2) is 30.6 Å². The Labute approximate surface area is 103 Å². The van der Waals surface area contributed by atoms with Crippen LogP contribution in [0.4, 0.5) is 4.39 Å². The van der Waals surface area contributed by atoms with Crippen LogP contribution in [0.2, 0.25) is 0 Å². The van der Waals surface area contributed by atoms with Gasteiger partial charge < -0.3 is 10.5 Å². The van der Waals surface area contributed by atoms with Crippen molar-refractivity contribution in [2.75, 3.05) is 0 Å². The van der Waals surface area contributed by atoms with E-state index < -0.39 is 5.82 Å². The number of nitrogen functional groups attached to an aromatic ring is 1. The first-order valence-electron chi connectivity index (χ1n) is 5.44. The van der Waals surface area contributed by atoms with Crippen LogP contribution in [0.1, 0.15) is 12.5 Å². The second kappa shape index (κ2) is 4.87. The van der Waals surface area contributed by atoms with Gasteiger partial charge in [0.2, 0.25) is 0 Å². The molecule has 0 saturated heterocycles. The molecule has 0 spiro atoms. The minimum Gasteiger partial charge on any atom is -0.451 e. The van der Waals surface area contributed by atoms with Gasteiger partial charge in [0.15, 0.2) is 17.3 Å². The molecule has 1 aromatic carbocycles. The number of nitrogens with one attached hydrogen (secondary N) is 1. The highest BCUT2D eigenvalue weighted by Gasteiger charge is 2.08. The molecule has 0 atom stereocenters. The molecular weight excluding hydrogens is 235 g/mol. The van der Waals surface area contributed by atoms with E-state index in [1.54, 1.807) is 10.9 Å². The first-order chi connectivity index (χ1) is 8.60. The molecule has 0 unspecified atom stereocenters. The molecule has 3 N–H and O–H groups in total. The molecular formula is C12H13FN4O. The quantitative estimate of drug-likeness (QED) is 0.642. The Morgan fingerprint density at radius 1 is 1.56 bits per heavy atom. The van der Waals surface area contributed by atoms with E-state index in [0.717, 1.165) is 6.54 Å². The molecule has 2 rings (SSSR count). The summed E-state index contributed by atoms with van der Waals surface area (Å²) in [5.74, 6) is -0.201. The van der Waals surface area contributed by atoms with Gasteiger partial charge in [-0.05, 0) is 25.1 Å². The van der Waals surface area contributed by atoms with E-state index in [1.165, 1.54) is 24.4 Å². The number of halogens is 1. The van der Waals surface area contributed by atoms with Crippen molar-refractivity contribution in [2.24, 2.45) is 5.73 Å². The van der Waals surface area contributed by atoms with Crippen LogP contribution < -0.4 is 10.5 Å². The number of aryl methyl sites for hydroxylation is 1. The molecule has 0 amide bonds. The van der Waals surface area contributed by atoms with Gasteiger partial charge in [-0.2, -0.15) is 5.10 Å². The molecule has 0 saturated carbocycles. The number of amidine groups is 1. The number of nitrogens with zero attached hydrogens (tertiary/aromatic N) is 2. The minimum absolute atomic E-state index is 0.0793. The number of ether oxygens (including phenoxy) is 1. The van der Waals surface area contributed by atoms with Gasteiger partial charge in [0.05, 0.1) is 12.4 Å². The second-order valence-corrected chi connectivity index (χ2v) is 3.69. The van der Waals surface area contributed by atoms with E-state index in [0.29, 0.717) is 11.3 Å². The summed E-state index contributed by atoms with van der Waals surface area (Å²) in [6, 6.07) is 4.14. The summed E-state index contributed by atoms with van der Waals surface area (Å²) in [6.45, 7) is 2.66. The number of hydrogen-bond acceptors (Lipinski definition) is 3. The summed E-state index contributed by atoms with van der Waals surface area (Å²) >= 11 is 0. The van der Waals surface area contributed by atoms with Crippen molar-refractivity contribution in [3.63, 3.8) is 0 Å². The van der Waals surface area contributed by atoms with Gasteiger partial charge in [-0.15, -0.1) is 0 Å². The highest BCUT2D eigenvalue weighted by atomic mass is 19.1. The van der Waals surface area contributed by atoms with E-state index in [2.05, 4.69) is 5.10 Å². The second-order valence-electron chi connectivity index (χ2n) is 3.69. The Bertz CT molecular complexity index is 579. The standard InChI is InChI=1S/C12H13FN4O/c1-2-17-7-9(6-16-17)18-11-4-3-8(12(14)15)5-10(11)13/h3-7H,2H2,1H3,(H3,14,15). The molecule has 1 heterocycles. The largest absolute Gasteiger partial charge is 0.451 e. The Balaban J connectivity index is 2.21. The van der Waals surface area contributed by atoms with Crippen LogP contribution in [0.3, 0.4) is 0 Å². The molecule has 94 valence electrons. The zero-order valence-electron chi connectivity index (χ0n) is 9.85. The lowest BCUT2D eigenvalue weighted by Gasteiger charge is -2.05. The molecule has 1 aromatic heterocycles. The fraction of sp³-hybridized carbons (Fsp3) is 0.167. The summed E-state index contributed by atoms with van der Waals surface area (Å²) in [7, 11) is 0. The van der Waals surface area contributed by atoms with Crippen LogP contribution in [0, 0.1) is 11.2 Å². The van der Waals surface area contributed by atoms with E-state index in [1.807, 2.05) is 6.92 Å². The van der Waals surface area contributed by atoms with E-state index in [9.17, 15) is 4.39 Å². The third kappa shape index (κ3) is 2.48. The maximum absolute atomic E-state index is 13.7. The maximum Gasteiger partial charge on any atom is 0.166 e. The molecule has 0 aliphatic heterocycles. The van der Waals surface area contributed by atoms with Crippen LogP contribution in [-0.4, -0.2) is 15.6 Å². The molecule has 6 heteroatoms. The lowest BCUT2D eigenvalue weighted by molar-refractivity contribution is 0.441. The first-order valence-corrected chi connectivity index (χ1v) is 5.44. The summed E-state index contributed by atoms with van der Waals surface area (Å²) in [5.41, 5.74) is 5.59. The summed E-state index contributed by atoms with van der Waals surface area (Å²) < 4.78 is 20.7. The number of hydrogen-bond donors (Lipinski definition) is 2. The first kappa shape index (κ1) is 12.1. The topological polar surface area (TPSA) is 76.9 Å². The van der Waals surface area contributed by atoms with Crippen LogP contribution >= 0.6 is 0 Å². The lowest BCUT2D eigenvalue weighted by atomic mass is 10.2. The van der Waals surface area contributed by atoms with E-state index in [4.69, 9.17) is 15.9 Å². The van der Waals surface area contributed by atoms with E-state index in [-0.39, 0.29) is 11.6 Å². The third-order valence-electron chi connectivity index (χ3n) is 2.40. The van der Waals surface area contributed by atoms with Crippen molar-refractivity contribution in [2.45, 2.75) is 13.5 Å². The van der Waals surface area contributed by atoms with Crippen molar-refractivity contribution >= 4 is 5.84 Å². The number of nitrogens with two attached hydrogens (primary N) is 1. The zero-order valence-corrected chi connectivity index (χ0v) is 9.85. The summed E-state index contributed by atoms with van der Waals surface area (Å²) in [5, 5.41) is 11.2. The molecule has 18 heavy (non-hydrogen) atoms. The van der Waals surface area contributed by atoms with Crippen molar-refractivity contribution in [1.82, 2.24) is 9.78 Å². The predicted molar refractivity (Wildman–Crippen MR) is 65.4 cm³/mol. The van der Waals surface area contributed by atoms with Gasteiger partial charge in [0.25, 0.3) is 0 Å². The highest BCUT2D eigenvalue weighted by Crippen LogP contribution is 2.24. The number of aromatic nitrogens is 2. The molecule has 0 bridgehead atoms. The number of rotatable bonds is 4. The summed E-state index contributed by atoms with van der Waals surface area (Å²) in [6.07, 6.45) is 3.19. The predicted octanol–water partition coefficient (Wildman–Crippen LogP) is 2.12. The maximum atomic E-state index is 13.7. The molecule has 5 nitrogen and oxygen atoms in total. The average Bonchev–Trinajstić information content (AvgIpc) is 2.79. The van der Waals surface area contributed by atoms with Crippen molar-refractivity contribution in [1.29, 1.82) is 5.41 Å². The molecule has 0 fully saturated rings. The molecule has 0 aliphatic carbocycles. The highest BCUT2D eigenvalue weighted by molar-refractivity contribution is 5.95. The van der Waals surface area contributed by atoms with E-state index >= 15 is 0 Å². The summed E-state index contributed by atoms with van der Waals surface area (Å²) in [4.78, 5) is 0. The van der Waals surface area contributed by atoms with Gasteiger partial charge in [-0.25, -0.2) is 4.39 Å².